The number of nitrogens with one attached hydrogen (secondary N) is 1. The van der Waals surface area contributed by atoms with Crippen molar-refractivity contribution in [3.05, 3.63) is 34.2 Å². The van der Waals surface area contributed by atoms with E-state index >= 15 is 0 Å². The van der Waals surface area contributed by atoms with Crippen molar-refractivity contribution in [2.24, 2.45) is 0 Å². The number of methoxy groups -OCH3 is 1. The quantitative estimate of drug-likeness (QED) is 0.570. The molecule has 2 N–H and O–H groups in total. The van der Waals surface area contributed by atoms with Crippen molar-refractivity contribution in [2.75, 3.05) is 46.7 Å². The second kappa shape index (κ2) is 11.2. The first kappa shape index (κ1) is 19.9. The molecule has 2 atom stereocenters. The van der Waals surface area contributed by atoms with E-state index in [1.807, 2.05) is 17.5 Å². The van der Waals surface area contributed by atoms with Crippen LogP contribution in [0.3, 0.4) is 0 Å². The molecule has 1 aromatic heterocycles. The predicted molar refractivity (Wildman–Crippen MR) is 93.4 cm³/mol. The van der Waals surface area contributed by atoms with Gasteiger partial charge in [-0.15, -0.1) is 0 Å². The van der Waals surface area contributed by atoms with Gasteiger partial charge in [0, 0.05) is 26.0 Å². The van der Waals surface area contributed by atoms with Crippen LogP contribution in [-0.2, 0) is 23.7 Å². The second-order valence-corrected chi connectivity index (χ2v) is 6.21. The average Bonchev–Trinajstić information content (AvgIpc) is 3.16. The minimum absolute atomic E-state index is 0.0192. The number of amides is 1. The molecule has 1 aromatic rings. The maximum Gasteiger partial charge on any atom is 0.286 e. The lowest BCUT2D eigenvalue weighted by Crippen LogP contribution is -2.34. The number of aliphatic hydroxyl groups excluding tert-OH is 1. The molecule has 2 unspecified atom stereocenters. The van der Waals surface area contributed by atoms with E-state index in [4.69, 9.17) is 24.1 Å². The molecule has 8 heteroatoms. The van der Waals surface area contributed by atoms with Crippen LogP contribution < -0.4 is 5.32 Å². The van der Waals surface area contributed by atoms with E-state index in [2.05, 4.69) is 10.7 Å². The highest BCUT2D eigenvalue weighted by atomic mass is 32.1. The van der Waals surface area contributed by atoms with Gasteiger partial charge in [-0.05, 0) is 28.5 Å². The van der Waals surface area contributed by atoms with Gasteiger partial charge in [-0.2, -0.15) is 11.3 Å². The Labute approximate surface area is 151 Å². The Morgan fingerprint density at radius 2 is 2.28 bits per heavy atom. The fourth-order valence-corrected chi connectivity index (χ4v) is 3.12. The molecule has 0 radical (unpaired) electrons. The molecule has 0 fully saturated rings. The normalized spacial score (nSPS) is 20.0. The van der Waals surface area contributed by atoms with Crippen molar-refractivity contribution in [1.29, 1.82) is 0 Å². The van der Waals surface area contributed by atoms with Gasteiger partial charge in [0.1, 0.15) is 0 Å². The van der Waals surface area contributed by atoms with Gasteiger partial charge in [0.25, 0.3) is 5.91 Å². The van der Waals surface area contributed by atoms with E-state index in [1.165, 1.54) is 0 Å². The van der Waals surface area contributed by atoms with Gasteiger partial charge < -0.3 is 29.4 Å². The Bertz CT molecular complexity index is 533. The van der Waals surface area contributed by atoms with Crippen molar-refractivity contribution in [2.45, 2.75) is 18.6 Å². The summed E-state index contributed by atoms with van der Waals surface area (Å²) in [6.45, 7) is 1.81. The molecular weight excluding hydrogens is 346 g/mol. The van der Waals surface area contributed by atoms with E-state index in [1.54, 1.807) is 18.4 Å². The molecule has 2 rings (SSSR count). The summed E-state index contributed by atoms with van der Waals surface area (Å²) in [4.78, 5) is 12.3. The Morgan fingerprint density at radius 3 is 3.00 bits per heavy atom. The monoisotopic (exact) mass is 371 g/mol. The highest BCUT2D eigenvalue weighted by Crippen LogP contribution is 2.32. The smallest absolute Gasteiger partial charge is 0.286 e. The first-order valence-electron chi connectivity index (χ1n) is 8.22. The lowest BCUT2D eigenvalue weighted by atomic mass is 9.95. The highest BCUT2D eigenvalue weighted by molar-refractivity contribution is 7.08. The molecule has 2 heterocycles. The van der Waals surface area contributed by atoms with Crippen molar-refractivity contribution in [1.82, 2.24) is 5.32 Å². The fourth-order valence-electron chi connectivity index (χ4n) is 2.40. The molecule has 25 heavy (non-hydrogen) atoms. The second-order valence-electron chi connectivity index (χ2n) is 5.43. The summed E-state index contributed by atoms with van der Waals surface area (Å²) in [6, 6.07) is 2.04. The van der Waals surface area contributed by atoms with Gasteiger partial charge in [0.15, 0.2) is 5.76 Å². The molecule has 140 valence electrons. The number of ether oxygens (including phenoxy) is 4. The first-order chi connectivity index (χ1) is 12.2. The molecule has 0 spiro atoms. The van der Waals surface area contributed by atoms with Crippen molar-refractivity contribution in [3.63, 3.8) is 0 Å². The van der Waals surface area contributed by atoms with E-state index in [-0.39, 0.29) is 30.8 Å². The van der Waals surface area contributed by atoms with Gasteiger partial charge in [-0.25, -0.2) is 0 Å². The van der Waals surface area contributed by atoms with Crippen LogP contribution >= 0.6 is 11.3 Å². The van der Waals surface area contributed by atoms with Crippen LogP contribution in [0.1, 0.15) is 17.9 Å². The maximum atomic E-state index is 12.3. The topological polar surface area (TPSA) is 86.3 Å². The van der Waals surface area contributed by atoms with Gasteiger partial charge in [0.05, 0.1) is 33.0 Å². The Morgan fingerprint density at radius 1 is 1.40 bits per heavy atom. The summed E-state index contributed by atoms with van der Waals surface area (Å²) in [7, 11) is 1.58. The van der Waals surface area contributed by atoms with Gasteiger partial charge in [-0.1, -0.05) is 0 Å². The van der Waals surface area contributed by atoms with Crippen molar-refractivity contribution >= 4 is 17.2 Å². The zero-order valence-corrected chi connectivity index (χ0v) is 15.1. The SMILES string of the molecule is COCCNC(=O)C1=CC(c2ccsc2)CC(OCCOCCO)O1. The van der Waals surface area contributed by atoms with Crippen LogP contribution in [-0.4, -0.2) is 64.0 Å². The summed E-state index contributed by atoms with van der Waals surface area (Å²) >= 11 is 1.62. The van der Waals surface area contributed by atoms with Crippen LogP contribution in [0.4, 0.5) is 0 Å². The number of hydrogen-bond donors (Lipinski definition) is 2. The van der Waals surface area contributed by atoms with E-state index in [0.29, 0.717) is 32.8 Å². The number of allylic oxidation sites excluding steroid dienone is 1. The molecule has 0 aromatic carbocycles. The molecule has 1 aliphatic heterocycles. The minimum Gasteiger partial charge on any atom is -0.459 e. The number of carbonyl (C=O) groups is 1. The van der Waals surface area contributed by atoms with Gasteiger partial charge in [0.2, 0.25) is 6.29 Å². The maximum absolute atomic E-state index is 12.3. The van der Waals surface area contributed by atoms with Crippen LogP contribution in [0.5, 0.6) is 0 Å². The van der Waals surface area contributed by atoms with Crippen LogP contribution in [0.15, 0.2) is 28.7 Å². The number of rotatable bonds is 11. The van der Waals surface area contributed by atoms with Crippen molar-refractivity contribution < 1.29 is 28.8 Å². The summed E-state index contributed by atoms with van der Waals surface area (Å²) in [5.41, 5.74) is 1.14. The Balaban J connectivity index is 1.94. The molecule has 7 nitrogen and oxygen atoms in total. The lowest BCUT2D eigenvalue weighted by molar-refractivity contribution is -0.151. The molecule has 0 saturated carbocycles. The molecular formula is C17H25NO6S. The molecule has 1 amide bonds. The third kappa shape index (κ3) is 6.75. The van der Waals surface area contributed by atoms with Crippen LogP contribution in [0.2, 0.25) is 0 Å². The lowest BCUT2D eigenvalue weighted by Gasteiger charge is -2.28. The summed E-state index contributed by atoms with van der Waals surface area (Å²) in [5, 5.41) is 15.5. The Hall–Kier alpha value is -1.45. The molecule has 0 saturated heterocycles. The number of carbonyl (C=O) groups excluding carboxylic acids is 1. The zero-order valence-electron chi connectivity index (χ0n) is 14.3. The third-order valence-corrected chi connectivity index (χ3v) is 4.31. The van der Waals surface area contributed by atoms with E-state index in [9.17, 15) is 4.79 Å². The highest BCUT2D eigenvalue weighted by Gasteiger charge is 2.28. The van der Waals surface area contributed by atoms with Crippen LogP contribution in [0.25, 0.3) is 0 Å². The third-order valence-electron chi connectivity index (χ3n) is 3.61. The first-order valence-corrected chi connectivity index (χ1v) is 9.16. The van der Waals surface area contributed by atoms with E-state index < -0.39 is 6.29 Å². The summed E-state index contributed by atoms with van der Waals surface area (Å²) in [5.74, 6) is 0.0495. The number of aliphatic hydroxyl groups is 1. The standard InChI is InChI=1S/C17H25NO6S/c1-21-5-3-18-17(20)15-10-14(13-2-9-25-12-13)11-16(24-15)23-8-7-22-6-4-19/h2,9-10,12,14,16,19H,3-8,11H2,1H3,(H,18,20). The number of thiophene rings is 1. The predicted octanol–water partition coefficient (Wildman–Crippen LogP) is 1.25. The largest absolute Gasteiger partial charge is 0.459 e. The van der Waals surface area contributed by atoms with Gasteiger partial charge in [-0.3, -0.25) is 4.79 Å². The number of hydrogen-bond acceptors (Lipinski definition) is 7. The van der Waals surface area contributed by atoms with E-state index in [0.717, 1.165) is 5.56 Å². The average molecular weight is 371 g/mol. The minimum atomic E-state index is -0.518. The zero-order chi connectivity index (χ0) is 17.9. The fraction of sp³-hybridized carbons (Fsp3) is 0.588. The summed E-state index contributed by atoms with van der Waals surface area (Å²) < 4.78 is 21.5. The van der Waals surface area contributed by atoms with Gasteiger partial charge >= 0.3 is 0 Å². The molecule has 0 aliphatic carbocycles. The Kier molecular flexibility index (Phi) is 8.92. The van der Waals surface area contributed by atoms with Crippen molar-refractivity contribution in [3.8, 4) is 0 Å². The summed E-state index contributed by atoms with van der Waals surface area (Å²) in [6.07, 6.45) is 1.95. The molecule has 0 bridgehead atoms. The van der Waals surface area contributed by atoms with Crippen LogP contribution in [0, 0.1) is 0 Å². The molecule has 1 aliphatic rings.